The molecule has 0 unspecified atom stereocenters. The Morgan fingerprint density at radius 2 is 1.65 bits per heavy atom. The van der Waals surface area contributed by atoms with Gasteiger partial charge in [0.1, 0.15) is 0 Å². The summed E-state index contributed by atoms with van der Waals surface area (Å²) in [5.74, 6) is -0.301. The Kier molecular flexibility index (Phi) is 4.29. The molecule has 0 saturated heterocycles. The molecule has 1 amide bonds. The highest BCUT2D eigenvalue weighted by molar-refractivity contribution is 6.40. The van der Waals surface area contributed by atoms with E-state index < -0.39 is 0 Å². The summed E-state index contributed by atoms with van der Waals surface area (Å²) in [4.78, 5) is 13.9. The summed E-state index contributed by atoms with van der Waals surface area (Å²) in [5, 5.41) is 9.38. The molecule has 0 bridgehead atoms. The van der Waals surface area contributed by atoms with E-state index in [0.717, 1.165) is 0 Å². The molecule has 0 aliphatic rings. The maximum atomic E-state index is 12.4. The number of anilines is 1. The van der Waals surface area contributed by atoms with Gasteiger partial charge >= 0.3 is 0 Å². The molecule has 2 aromatic carbocycles. The van der Waals surface area contributed by atoms with Crippen LogP contribution >= 0.6 is 23.2 Å². The molecule has 0 aliphatic carbocycles. The highest BCUT2D eigenvalue weighted by Crippen LogP contribution is 2.27. The van der Waals surface area contributed by atoms with Crippen molar-refractivity contribution >= 4 is 34.8 Å². The minimum atomic E-state index is -0.301. The van der Waals surface area contributed by atoms with Crippen molar-refractivity contribution in [2.45, 2.75) is 0 Å². The molecule has 0 N–H and O–H groups in total. The molecule has 0 spiro atoms. The van der Waals surface area contributed by atoms with E-state index in [-0.39, 0.29) is 11.5 Å². The second-order valence-electron chi connectivity index (χ2n) is 4.12. The summed E-state index contributed by atoms with van der Waals surface area (Å²) in [5.41, 5.74) is 1.46. The van der Waals surface area contributed by atoms with E-state index in [1.165, 1.54) is 4.90 Å². The highest BCUT2D eigenvalue weighted by atomic mass is 35.5. The zero-order chi connectivity index (χ0) is 14.7. The van der Waals surface area contributed by atoms with Gasteiger partial charge < -0.3 is 4.90 Å². The summed E-state index contributed by atoms with van der Waals surface area (Å²) in [6.07, 6.45) is 0. The lowest BCUT2D eigenvalue weighted by Gasteiger charge is -2.18. The molecule has 0 aromatic heterocycles. The lowest BCUT2D eigenvalue weighted by Crippen LogP contribution is -2.26. The lowest BCUT2D eigenvalue weighted by molar-refractivity contribution is 0.0993. The fraction of sp³-hybridized carbons (Fsp3) is 0.0667. The van der Waals surface area contributed by atoms with Gasteiger partial charge in [0.15, 0.2) is 0 Å². The lowest BCUT2D eigenvalue weighted by atomic mass is 10.1. The molecular weight excluding hydrogens is 295 g/mol. The second-order valence-corrected chi connectivity index (χ2v) is 4.93. The molecule has 0 aliphatic heterocycles. The average molecular weight is 305 g/mol. The van der Waals surface area contributed by atoms with Gasteiger partial charge in [-0.15, -0.1) is 0 Å². The first-order chi connectivity index (χ1) is 9.54. The number of benzene rings is 2. The maximum Gasteiger partial charge on any atom is 0.261 e. The van der Waals surface area contributed by atoms with Crippen LogP contribution in [0.15, 0.2) is 42.5 Å². The van der Waals surface area contributed by atoms with Gasteiger partial charge in [-0.3, -0.25) is 4.79 Å². The quantitative estimate of drug-likeness (QED) is 0.837. The van der Waals surface area contributed by atoms with Crippen LogP contribution in [0.25, 0.3) is 0 Å². The molecular formula is C15H10Cl2N2O. The van der Waals surface area contributed by atoms with Gasteiger partial charge in [-0.2, -0.15) is 5.26 Å². The summed E-state index contributed by atoms with van der Waals surface area (Å²) in [6, 6.07) is 13.6. The monoisotopic (exact) mass is 304 g/mol. The van der Waals surface area contributed by atoms with Gasteiger partial charge in [0, 0.05) is 12.7 Å². The molecule has 0 saturated carbocycles. The average Bonchev–Trinajstić information content (AvgIpc) is 2.46. The van der Waals surface area contributed by atoms with Crippen LogP contribution in [0.5, 0.6) is 0 Å². The zero-order valence-electron chi connectivity index (χ0n) is 10.6. The smallest absolute Gasteiger partial charge is 0.261 e. The van der Waals surface area contributed by atoms with Crippen molar-refractivity contribution in [1.29, 1.82) is 5.26 Å². The van der Waals surface area contributed by atoms with Crippen molar-refractivity contribution in [1.82, 2.24) is 0 Å². The van der Waals surface area contributed by atoms with Crippen molar-refractivity contribution < 1.29 is 4.79 Å². The predicted molar refractivity (Wildman–Crippen MR) is 80.4 cm³/mol. The molecule has 2 rings (SSSR count). The van der Waals surface area contributed by atoms with E-state index in [1.54, 1.807) is 49.5 Å². The van der Waals surface area contributed by atoms with E-state index in [1.807, 2.05) is 6.07 Å². The first-order valence-electron chi connectivity index (χ1n) is 5.77. The number of carbonyl (C=O) groups is 1. The minimum absolute atomic E-state index is 0.266. The summed E-state index contributed by atoms with van der Waals surface area (Å²) < 4.78 is 0. The van der Waals surface area contributed by atoms with Crippen LogP contribution in [-0.2, 0) is 0 Å². The van der Waals surface area contributed by atoms with Gasteiger partial charge in [-0.25, -0.2) is 0 Å². The number of nitrogens with zero attached hydrogens (tertiary/aromatic N) is 2. The Labute approximate surface area is 127 Å². The van der Waals surface area contributed by atoms with E-state index in [0.29, 0.717) is 21.3 Å². The van der Waals surface area contributed by atoms with Crippen molar-refractivity contribution in [2.75, 3.05) is 11.9 Å². The first-order valence-corrected chi connectivity index (χ1v) is 6.52. The van der Waals surface area contributed by atoms with Crippen LogP contribution in [0.3, 0.4) is 0 Å². The summed E-state index contributed by atoms with van der Waals surface area (Å²) in [6.45, 7) is 0. The first kappa shape index (κ1) is 14.4. The molecule has 20 heavy (non-hydrogen) atoms. The van der Waals surface area contributed by atoms with Gasteiger partial charge in [-0.05, 0) is 36.4 Å². The van der Waals surface area contributed by atoms with Crippen molar-refractivity contribution in [3.63, 3.8) is 0 Å². The molecule has 0 atom stereocenters. The Morgan fingerprint density at radius 1 is 1.10 bits per heavy atom. The molecule has 0 heterocycles. The zero-order valence-corrected chi connectivity index (χ0v) is 12.1. The largest absolute Gasteiger partial charge is 0.311 e. The van der Waals surface area contributed by atoms with Crippen LogP contribution in [0.4, 0.5) is 5.69 Å². The van der Waals surface area contributed by atoms with E-state index in [4.69, 9.17) is 28.5 Å². The normalized spacial score (nSPS) is 9.90. The molecule has 100 valence electrons. The van der Waals surface area contributed by atoms with Crippen molar-refractivity contribution in [2.24, 2.45) is 0 Å². The Hall–Kier alpha value is -2.02. The maximum absolute atomic E-state index is 12.4. The minimum Gasteiger partial charge on any atom is -0.311 e. The van der Waals surface area contributed by atoms with Gasteiger partial charge in [0.05, 0.1) is 27.2 Å². The number of amides is 1. The van der Waals surface area contributed by atoms with Crippen molar-refractivity contribution in [3.8, 4) is 6.07 Å². The number of hydrogen-bond acceptors (Lipinski definition) is 2. The van der Waals surface area contributed by atoms with E-state index >= 15 is 0 Å². The van der Waals surface area contributed by atoms with Crippen LogP contribution in [0, 0.1) is 11.3 Å². The van der Waals surface area contributed by atoms with Crippen LogP contribution in [0.1, 0.15) is 15.9 Å². The van der Waals surface area contributed by atoms with E-state index in [9.17, 15) is 4.79 Å². The Morgan fingerprint density at radius 3 is 2.15 bits per heavy atom. The number of halogens is 2. The van der Waals surface area contributed by atoms with Gasteiger partial charge in [-0.1, -0.05) is 29.3 Å². The fourth-order valence-corrected chi connectivity index (χ4v) is 2.31. The fourth-order valence-electron chi connectivity index (χ4n) is 1.75. The van der Waals surface area contributed by atoms with Crippen LogP contribution in [0.2, 0.25) is 10.0 Å². The van der Waals surface area contributed by atoms with Gasteiger partial charge in [0.25, 0.3) is 5.91 Å². The van der Waals surface area contributed by atoms with Crippen LogP contribution < -0.4 is 4.90 Å². The standard InChI is InChI=1S/C15H10Cl2N2O/c1-19(11-7-5-10(9-18)6-8-11)15(20)14-12(16)3-2-4-13(14)17/h2-8H,1H3. The SMILES string of the molecule is CN(C(=O)c1c(Cl)cccc1Cl)c1ccc(C#N)cc1. The molecule has 3 nitrogen and oxygen atoms in total. The third-order valence-corrected chi connectivity index (χ3v) is 3.49. The third-order valence-electron chi connectivity index (χ3n) is 2.86. The molecule has 0 radical (unpaired) electrons. The molecule has 0 fully saturated rings. The van der Waals surface area contributed by atoms with Gasteiger partial charge in [0.2, 0.25) is 0 Å². The van der Waals surface area contributed by atoms with Crippen LogP contribution in [-0.4, -0.2) is 13.0 Å². The molecule has 2 aromatic rings. The van der Waals surface area contributed by atoms with E-state index in [2.05, 4.69) is 0 Å². The summed E-state index contributed by atoms with van der Waals surface area (Å²) >= 11 is 12.1. The van der Waals surface area contributed by atoms with Crippen molar-refractivity contribution in [3.05, 3.63) is 63.6 Å². The number of nitriles is 1. The Balaban J connectivity index is 2.35. The predicted octanol–water partition coefficient (Wildman–Crippen LogP) is 4.14. The number of rotatable bonds is 2. The summed E-state index contributed by atoms with van der Waals surface area (Å²) in [7, 11) is 1.63. The Bertz CT molecular complexity index is 670. The third kappa shape index (κ3) is 2.77. The second kappa shape index (κ2) is 5.96. The number of carbonyl (C=O) groups excluding carboxylic acids is 1. The number of hydrogen-bond donors (Lipinski definition) is 0. The topological polar surface area (TPSA) is 44.1 Å². The molecule has 5 heteroatoms. The highest BCUT2D eigenvalue weighted by Gasteiger charge is 2.19.